The van der Waals surface area contributed by atoms with E-state index in [1.165, 1.54) is 0 Å². The summed E-state index contributed by atoms with van der Waals surface area (Å²) in [4.78, 5) is 0. The van der Waals surface area contributed by atoms with Crippen LogP contribution < -0.4 is 8.37 Å². The Morgan fingerprint density at radius 1 is 0.833 bits per heavy atom. The Morgan fingerprint density at radius 3 is 2.11 bits per heavy atom. The molecule has 0 aliphatic carbocycles. The van der Waals surface area contributed by atoms with Crippen molar-refractivity contribution < 1.29 is 16.8 Å². The summed E-state index contributed by atoms with van der Waals surface area (Å²) in [6, 6.07) is 15.0. The van der Waals surface area contributed by atoms with Crippen molar-refractivity contribution in [2.75, 3.05) is 0 Å². The summed E-state index contributed by atoms with van der Waals surface area (Å²) in [7, 11) is -4.11. The monoisotopic (exact) mass is 264 g/mol. The van der Waals surface area contributed by atoms with E-state index in [9.17, 15) is 8.42 Å². The van der Waals surface area contributed by atoms with Crippen molar-refractivity contribution in [1.82, 2.24) is 0 Å². The van der Waals surface area contributed by atoms with Gasteiger partial charge in [0.2, 0.25) is 0 Å². The van der Waals surface area contributed by atoms with Gasteiger partial charge in [-0.05, 0) is 30.7 Å². The first-order valence-corrected chi connectivity index (χ1v) is 6.65. The van der Waals surface area contributed by atoms with Gasteiger partial charge in [0.25, 0.3) is 0 Å². The molecule has 94 valence electrons. The van der Waals surface area contributed by atoms with E-state index in [1.54, 1.807) is 61.5 Å². The van der Waals surface area contributed by atoms with Gasteiger partial charge in [0.1, 0.15) is 11.5 Å². The molecule has 2 aromatic carbocycles. The van der Waals surface area contributed by atoms with E-state index in [-0.39, 0.29) is 11.5 Å². The van der Waals surface area contributed by atoms with E-state index in [1.807, 2.05) is 0 Å². The molecule has 0 heterocycles. The molecule has 2 aromatic rings. The number of benzene rings is 2. The maximum Gasteiger partial charge on any atom is 0.500 e. The van der Waals surface area contributed by atoms with Crippen LogP contribution >= 0.6 is 0 Å². The van der Waals surface area contributed by atoms with Crippen molar-refractivity contribution >= 4 is 10.4 Å². The molecule has 0 spiro atoms. The lowest BCUT2D eigenvalue weighted by Crippen LogP contribution is -2.16. The largest absolute Gasteiger partial charge is 0.500 e. The van der Waals surface area contributed by atoms with Crippen molar-refractivity contribution in [1.29, 1.82) is 0 Å². The van der Waals surface area contributed by atoms with E-state index >= 15 is 0 Å². The van der Waals surface area contributed by atoms with E-state index in [4.69, 9.17) is 8.37 Å². The zero-order valence-corrected chi connectivity index (χ0v) is 10.6. The number of aryl methyl sites for hydroxylation is 1. The molecule has 0 amide bonds. The Balaban J connectivity index is 2.16. The summed E-state index contributed by atoms with van der Waals surface area (Å²) < 4.78 is 33.1. The second-order valence-corrected chi connectivity index (χ2v) is 4.80. The molecule has 0 aliphatic rings. The number of rotatable bonds is 4. The molecule has 2 rings (SSSR count). The summed E-state index contributed by atoms with van der Waals surface area (Å²) in [5.41, 5.74) is 0.720. The van der Waals surface area contributed by atoms with Gasteiger partial charge in [0, 0.05) is 0 Å². The first-order chi connectivity index (χ1) is 8.57. The lowest BCUT2D eigenvalue weighted by molar-refractivity contribution is 0.391. The first-order valence-electron chi connectivity index (χ1n) is 5.31. The van der Waals surface area contributed by atoms with E-state index in [0.717, 1.165) is 5.56 Å². The third-order valence-corrected chi connectivity index (χ3v) is 3.01. The predicted octanol–water partition coefficient (Wildman–Crippen LogP) is 2.70. The molecule has 0 saturated carbocycles. The summed E-state index contributed by atoms with van der Waals surface area (Å²) in [5.74, 6) is 0.472. The van der Waals surface area contributed by atoms with E-state index < -0.39 is 10.4 Å². The third-order valence-electron chi connectivity index (χ3n) is 2.23. The molecule has 0 unspecified atom stereocenters. The Labute approximate surface area is 106 Å². The predicted molar refractivity (Wildman–Crippen MR) is 67.8 cm³/mol. The fourth-order valence-electron chi connectivity index (χ4n) is 1.37. The Hall–Kier alpha value is -2.01. The second kappa shape index (κ2) is 5.10. The molecule has 0 fully saturated rings. The maximum atomic E-state index is 11.7. The lowest BCUT2D eigenvalue weighted by Gasteiger charge is -2.09. The van der Waals surface area contributed by atoms with Crippen molar-refractivity contribution in [3.05, 3.63) is 60.2 Å². The van der Waals surface area contributed by atoms with Gasteiger partial charge in [-0.15, -0.1) is 8.42 Å². The minimum atomic E-state index is -4.11. The van der Waals surface area contributed by atoms with Gasteiger partial charge >= 0.3 is 10.4 Å². The van der Waals surface area contributed by atoms with E-state index in [0.29, 0.717) is 0 Å². The highest BCUT2D eigenvalue weighted by molar-refractivity contribution is 7.82. The molecular weight excluding hydrogens is 252 g/mol. The Kier molecular flexibility index (Phi) is 3.53. The minimum Gasteiger partial charge on any atom is -0.353 e. The SMILES string of the molecule is Cc1ccccc1OS(=O)(=O)Oc1ccccc1. The van der Waals surface area contributed by atoms with Crippen molar-refractivity contribution in [3.8, 4) is 11.5 Å². The van der Waals surface area contributed by atoms with Crippen LogP contribution in [0.4, 0.5) is 0 Å². The summed E-state index contributed by atoms with van der Waals surface area (Å²) >= 11 is 0. The van der Waals surface area contributed by atoms with Crippen LogP contribution in [-0.2, 0) is 10.4 Å². The van der Waals surface area contributed by atoms with Crippen LogP contribution in [0.15, 0.2) is 54.6 Å². The van der Waals surface area contributed by atoms with Crippen LogP contribution in [0.2, 0.25) is 0 Å². The van der Waals surface area contributed by atoms with E-state index in [2.05, 4.69) is 0 Å². The Bertz CT molecular complexity index is 620. The molecule has 5 heteroatoms. The second-order valence-electron chi connectivity index (χ2n) is 3.65. The van der Waals surface area contributed by atoms with Crippen LogP contribution in [-0.4, -0.2) is 8.42 Å². The summed E-state index contributed by atoms with van der Waals surface area (Å²) in [6.07, 6.45) is 0. The normalized spacial score (nSPS) is 10.9. The molecular formula is C13H12O4S. The highest BCUT2D eigenvalue weighted by atomic mass is 32.3. The number of hydrogen-bond acceptors (Lipinski definition) is 4. The average molecular weight is 264 g/mol. The van der Waals surface area contributed by atoms with Gasteiger partial charge < -0.3 is 8.37 Å². The van der Waals surface area contributed by atoms with Gasteiger partial charge in [-0.25, -0.2) is 0 Å². The van der Waals surface area contributed by atoms with Crippen LogP contribution in [0.5, 0.6) is 11.5 Å². The van der Waals surface area contributed by atoms with Gasteiger partial charge in [0.05, 0.1) is 0 Å². The highest BCUT2D eigenvalue weighted by Crippen LogP contribution is 2.20. The highest BCUT2D eigenvalue weighted by Gasteiger charge is 2.16. The number of hydrogen-bond donors (Lipinski definition) is 0. The van der Waals surface area contributed by atoms with Crippen LogP contribution in [0, 0.1) is 6.92 Å². The lowest BCUT2D eigenvalue weighted by atomic mass is 10.2. The van der Waals surface area contributed by atoms with Crippen LogP contribution in [0.25, 0.3) is 0 Å². The average Bonchev–Trinajstić information content (AvgIpc) is 2.32. The zero-order chi connectivity index (χ0) is 13.0. The fraction of sp³-hybridized carbons (Fsp3) is 0.0769. The van der Waals surface area contributed by atoms with Crippen molar-refractivity contribution in [2.24, 2.45) is 0 Å². The fourth-order valence-corrected chi connectivity index (χ4v) is 2.16. The molecule has 0 N–H and O–H groups in total. The summed E-state index contributed by atoms with van der Waals surface area (Å²) in [5, 5.41) is 0. The minimum absolute atomic E-state index is 0.214. The van der Waals surface area contributed by atoms with Crippen molar-refractivity contribution in [2.45, 2.75) is 6.92 Å². The molecule has 4 nitrogen and oxygen atoms in total. The molecule has 0 saturated heterocycles. The van der Waals surface area contributed by atoms with Crippen molar-refractivity contribution in [3.63, 3.8) is 0 Å². The molecule has 0 radical (unpaired) electrons. The van der Waals surface area contributed by atoms with Gasteiger partial charge in [-0.3, -0.25) is 0 Å². The molecule has 18 heavy (non-hydrogen) atoms. The first kappa shape index (κ1) is 12.4. The standard InChI is InChI=1S/C13H12O4S/c1-11-7-5-6-10-13(11)17-18(14,15)16-12-8-3-2-4-9-12/h2-10H,1H3. The maximum absolute atomic E-state index is 11.7. The molecule has 0 atom stereocenters. The molecule has 0 aliphatic heterocycles. The third kappa shape index (κ3) is 3.24. The quantitative estimate of drug-likeness (QED) is 0.852. The number of para-hydroxylation sites is 2. The summed E-state index contributed by atoms with van der Waals surface area (Å²) in [6.45, 7) is 1.76. The van der Waals surface area contributed by atoms with Crippen LogP contribution in [0.3, 0.4) is 0 Å². The van der Waals surface area contributed by atoms with Gasteiger partial charge in [0.15, 0.2) is 0 Å². The van der Waals surface area contributed by atoms with Gasteiger partial charge in [-0.2, -0.15) is 0 Å². The van der Waals surface area contributed by atoms with Gasteiger partial charge in [-0.1, -0.05) is 36.4 Å². The zero-order valence-electron chi connectivity index (χ0n) is 9.74. The topological polar surface area (TPSA) is 52.6 Å². The molecule has 0 aromatic heterocycles. The van der Waals surface area contributed by atoms with Crippen LogP contribution in [0.1, 0.15) is 5.56 Å². The Morgan fingerprint density at radius 2 is 1.44 bits per heavy atom. The molecule has 0 bridgehead atoms. The smallest absolute Gasteiger partial charge is 0.353 e.